The molecule has 3 heterocycles. The van der Waals surface area contributed by atoms with Gasteiger partial charge < -0.3 is 4.90 Å². The van der Waals surface area contributed by atoms with Crippen LogP contribution in [0.5, 0.6) is 0 Å². The zero-order valence-electron chi connectivity index (χ0n) is 12.2. The molecule has 22 heavy (non-hydrogen) atoms. The highest BCUT2D eigenvalue weighted by atomic mass is 32.1. The van der Waals surface area contributed by atoms with Crippen LogP contribution in [-0.2, 0) is 0 Å². The van der Waals surface area contributed by atoms with Gasteiger partial charge in [0.25, 0.3) is 5.91 Å². The third-order valence-electron chi connectivity index (χ3n) is 3.71. The Morgan fingerprint density at radius 3 is 2.68 bits per heavy atom. The molecule has 2 aromatic rings. The van der Waals surface area contributed by atoms with Crippen LogP contribution in [-0.4, -0.2) is 38.8 Å². The summed E-state index contributed by atoms with van der Waals surface area (Å²) in [5.74, 6) is 0.603. The fourth-order valence-corrected chi connectivity index (χ4v) is 3.44. The molecule has 0 atom stereocenters. The number of rotatable bonds is 2. The Hall–Kier alpha value is -2.33. The van der Waals surface area contributed by atoms with E-state index in [2.05, 4.69) is 21.0 Å². The Morgan fingerprint density at radius 2 is 2.05 bits per heavy atom. The lowest BCUT2D eigenvalue weighted by molar-refractivity contribution is 0.0711. The maximum atomic E-state index is 12.6. The molecule has 6 nitrogen and oxygen atoms in total. The van der Waals surface area contributed by atoms with Crippen LogP contribution >= 0.6 is 11.3 Å². The summed E-state index contributed by atoms with van der Waals surface area (Å²) in [5, 5.41) is 9.59. The van der Waals surface area contributed by atoms with Gasteiger partial charge in [0.05, 0.1) is 11.8 Å². The fraction of sp³-hybridized carbons (Fsp3) is 0.400. The molecule has 1 aliphatic rings. The average molecular weight is 313 g/mol. The van der Waals surface area contributed by atoms with Crippen molar-refractivity contribution in [1.82, 2.24) is 19.9 Å². The van der Waals surface area contributed by atoms with E-state index >= 15 is 0 Å². The lowest BCUT2D eigenvalue weighted by Gasteiger charge is -2.28. The molecule has 0 aromatic carbocycles. The molecule has 1 amide bonds. The minimum Gasteiger partial charge on any atom is -0.338 e. The molecule has 1 saturated heterocycles. The first kappa shape index (κ1) is 14.6. The second kappa shape index (κ2) is 6.20. The molecule has 0 unspecified atom stereocenters. The Morgan fingerprint density at radius 1 is 1.36 bits per heavy atom. The molecule has 0 spiro atoms. The fourth-order valence-electron chi connectivity index (χ4n) is 2.46. The van der Waals surface area contributed by atoms with Gasteiger partial charge in [0.15, 0.2) is 10.8 Å². The predicted octanol–water partition coefficient (Wildman–Crippen LogP) is 2.28. The molecule has 112 valence electrons. The Bertz CT molecular complexity index is 713. The van der Waals surface area contributed by atoms with Gasteiger partial charge in [-0.15, -0.1) is 11.3 Å². The first-order valence-corrected chi connectivity index (χ1v) is 7.94. The van der Waals surface area contributed by atoms with Crippen LogP contribution in [0.1, 0.15) is 28.2 Å². The number of likely N-dealkylation sites (tertiary alicyclic amines) is 1. The summed E-state index contributed by atoms with van der Waals surface area (Å²) in [5.41, 5.74) is 0.708. The van der Waals surface area contributed by atoms with Gasteiger partial charge in [-0.1, -0.05) is 0 Å². The van der Waals surface area contributed by atoms with Crippen LogP contribution in [0, 0.1) is 24.2 Å². The summed E-state index contributed by atoms with van der Waals surface area (Å²) in [6.07, 6.45) is 4.81. The number of piperidine rings is 1. The first-order valence-electron chi connectivity index (χ1n) is 7.12. The topological polar surface area (TPSA) is 82.8 Å². The predicted molar refractivity (Wildman–Crippen MR) is 82.1 cm³/mol. The van der Waals surface area contributed by atoms with E-state index in [4.69, 9.17) is 5.26 Å². The minimum absolute atomic E-state index is 0.00595. The summed E-state index contributed by atoms with van der Waals surface area (Å²) in [6, 6.07) is 4.02. The van der Waals surface area contributed by atoms with Crippen LogP contribution < -0.4 is 0 Å². The van der Waals surface area contributed by atoms with Crippen molar-refractivity contribution in [3.8, 4) is 16.9 Å². The van der Waals surface area contributed by atoms with Crippen molar-refractivity contribution in [3.05, 3.63) is 29.0 Å². The number of thiazole rings is 1. The van der Waals surface area contributed by atoms with Gasteiger partial charge in [-0.2, -0.15) is 5.26 Å². The molecule has 7 heteroatoms. The van der Waals surface area contributed by atoms with E-state index in [0.29, 0.717) is 34.5 Å². The van der Waals surface area contributed by atoms with Gasteiger partial charge in [-0.25, -0.2) is 15.0 Å². The van der Waals surface area contributed by atoms with E-state index in [1.165, 1.54) is 11.3 Å². The number of aryl methyl sites for hydroxylation is 1. The highest BCUT2D eigenvalue weighted by molar-refractivity contribution is 7.17. The normalized spacial score (nSPS) is 15.5. The lowest BCUT2D eigenvalue weighted by Crippen LogP contribution is -2.38. The van der Waals surface area contributed by atoms with Gasteiger partial charge in [0.1, 0.15) is 4.88 Å². The summed E-state index contributed by atoms with van der Waals surface area (Å²) in [7, 11) is 0. The highest BCUT2D eigenvalue weighted by Crippen LogP contribution is 2.27. The zero-order valence-corrected chi connectivity index (χ0v) is 13.0. The van der Waals surface area contributed by atoms with Crippen molar-refractivity contribution >= 4 is 17.2 Å². The third kappa shape index (κ3) is 2.83. The lowest BCUT2D eigenvalue weighted by atomic mass is 9.98. The second-order valence-corrected chi connectivity index (χ2v) is 6.20. The van der Waals surface area contributed by atoms with E-state index in [-0.39, 0.29) is 11.8 Å². The van der Waals surface area contributed by atoms with Crippen molar-refractivity contribution < 1.29 is 4.79 Å². The molecular formula is C15H15N5OS. The van der Waals surface area contributed by atoms with E-state index < -0.39 is 0 Å². The summed E-state index contributed by atoms with van der Waals surface area (Å²) in [6.45, 7) is 3.09. The molecule has 0 bridgehead atoms. The Balaban J connectivity index is 1.79. The maximum absolute atomic E-state index is 12.6. The first-order chi connectivity index (χ1) is 10.7. The monoisotopic (exact) mass is 313 g/mol. The van der Waals surface area contributed by atoms with E-state index in [1.54, 1.807) is 18.5 Å². The molecule has 3 rings (SSSR count). The van der Waals surface area contributed by atoms with Crippen LogP contribution in [0.4, 0.5) is 0 Å². The number of aromatic nitrogens is 3. The van der Waals surface area contributed by atoms with Gasteiger partial charge in [0.2, 0.25) is 0 Å². The number of hydrogen-bond acceptors (Lipinski definition) is 6. The molecule has 1 fully saturated rings. The van der Waals surface area contributed by atoms with E-state index in [9.17, 15) is 4.79 Å². The second-order valence-electron chi connectivity index (χ2n) is 5.20. The van der Waals surface area contributed by atoms with Crippen molar-refractivity contribution in [1.29, 1.82) is 5.26 Å². The summed E-state index contributed by atoms with van der Waals surface area (Å²) in [4.78, 5) is 27.8. The number of carbonyl (C=O) groups is 1. The molecule has 1 aliphatic heterocycles. The Kier molecular flexibility index (Phi) is 4.11. The zero-order chi connectivity index (χ0) is 15.5. The number of nitrogens with zero attached hydrogens (tertiary/aromatic N) is 5. The number of hydrogen-bond donors (Lipinski definition) is 0. The van der Waals surface area contributed by atoms with Crippen LogP contribution in [0.2, 0.25) is 0 Å². The van der Waals surface area contributed by atoms with Crippen LogP contribution in [0.3, 0.4) is 0 Å². The molecule has 0 aliphatic carbocycles. The van der Waals surface area contributed by atoms with Gasteiger partial charge >= 0.3 is 0 Å². The smallest absolute Gasteiger partial charge is 0.265 e. The van der Waals surface area contributed by atoms with Crippen molar-refractivity contribution in [2.75, 3.05) is 13.1 Å². The van der Waals surface area contributed by atoms with Gasteiger partial charge in [-0.05, 0) is 25.8 Å². The highest BCUT2D eigenvalue weighted by Gasteiger charge is 2.26. The Labute approximate surface area is 132 Å². The number of carbonyl (C=O) groups excluding carboxylic acids is 1. The van der Waals surface area contributed by atoms with Crippen LogP contribution in [0.15, 0.2) is 18.5 Å². The summed E-state index contributed by atoms with van der Waals surface area (Å²) >= 11 is 1.33. The molecule has 2 aromatic heterocycles. The largest absolute Gasteiger partial charge is 0.338 e. The molecule has 0 N–H and O–H groups in total. The minimum atomic E-state index is -0.00595. The van der Waals surface area contributed by atoms with E-state index in [1.807, 2.05) is 11.8 Å². The maximum Gasteiger partial charge on any atom is 0.265 e. The van der Waals surface area contributed by atoms with Crippen molar-refractivity contribution in [3.63, 3.8) is 0 Å². The van der Waals surface area contributed by atoms with Crippen LogP contribution in [0.25, 0.3) is 10.8 Å². The third-order valence-corrected chi connectivity index (χ3v) is 4.85. The molecule has 0 saturated carbocycles. The summed E-state index contributed by atoms with van der Waals surface area (Å²) < 4.78 is 0. The van der Waals surface area contributed by atoms with Crippen molar-refractivity contribution in [2.45, 2.75) is 19.8 Å². The number of nitriles is 1. The number of amides is 1. The van der Waals surface area contributed by atoms with Gasteiger partial charge in [-0.3, -0.25) is 4.79 Å². The van der Waals surface area contributed by atoms with Crippen molar-refractivity contribution in [2.24, 2.45) is 5.92 Å². The van der Waals surface area contributed by atoms with Gasteiger partial charge in [0, 0.05) is 31.4 Å². The quantitative estimate of drug-likeness (QED) is 0.849. The molecular weight excluding hydrogens is 298 g/mol. The SMILES string of the molecule is Cc1nc(-c2ncccn2)sc1C(=O)N1CCC(C#N)CC1. The average Bonchev–Trinajstić information content (AvgIpc) is 2.97. The van der Waals surface area contributed by atoms with E-state index in [0.717, 1.165) is 12.8 Å². The molecule has 0 radical (unpaired) electrons. The standard InChI is InChI=1S/C15H15N5OS/c1-10-12(15(21)20-7-3-11(9-16)4-8-20)22-14(19-10)13-17-5-2-6-18-13/h2,5-6,11H,3-4,7-8H2,1H3.